The van der Waals surface area contributed by atoms with Gasteiger partial charge in [0.15, 0.2) is 0 Å². The zero-order chi connectivity index (χ0) is 13.4. The molecule has 1 aromatic carbocycles. The van der Waals surface area contributed by atoms with Crippen molar-refractivity contribution in [3.63, 3.8) is 0 Å². The zero-order valence-corrected chi connectivity index (χ0v) is 10.4. The molecule has 2 aliphatic rings. The third kappa shape index (κ3) is 1.78. The Balaban J connectivity index is 2.10. The first-order valence-corrected chi connectivity index (χ1v) is 6.08. The Kier molecular flexibility index (Phi) is 2.74. The normalized spacial score (nSPS) is 17.3. The second-order valence-electron chi connectivity index (χ2n) is 4.15. The highest BCUT2D eigenvalue weighted by atomic mass is 16.6. The third-order valence-electron chi connectivity index (χ3n) is 2.99. The Morgan fingerprint density at radius 1 is 1.05 bits per heavy atom. The highest BCUT2D eigenvalue weighted by molar-refractivity contribution is 6.25. The molecule has 0 amide bonds. The lowest BCUT2D eigenvalue weighted by Gasteiger charge is -2.25. The van der Waals surface area contributed by atoms with Gasteiger partial charge in [-0.05, 0) is 25.1 Å². The van der Waals surface area contributed by atoms with Crippen LogP contribution >= 0.6 is 0 Å². The van der Waals surface area contributed by atoms with E-state index in [0.717, 1.165) is 0 Å². The molecule has 0 atom stereocenters. The van der Waals surface area contributed by atoms with Crippen LogP contribution in [0.25, 0.3) is 0 Å². The average molecular weight is 260 g/mol. The fourth-order valence-corrected chi connectivity index (χ4v) is 2.17. The topological polar surface area (TPSA) is 61.8 Å². The first-order valence-electron chi connectivity index (χ1n) is 6.08. The molecule has 1 heterocycles. The predicted molar refractivity (Wildman–Crippen MR) is 65.2 cm³/mol. The maximum atomic E-state index is 12.3. The van der Waals surface area contributed by atoms with Gasteiger partial charge in [-0.3, -0.25) is 9.59 Å². The molecule has 0 saturated heterocycles. The molecule has 3 rings (SSSR count). The van der Waals surface area contributed by atoms with Crippen molar-refractivity contribution in [2.45, 2.75) is 6.92 Å². The molecule has 98 valence electrons. The Morgan fingerprint density at radius 2 is 1.68 bits per heavy atom. The molecule has 1 aromatic rings. The zero-order valence-electron chi connectivity index (χ0n) is 10.4. The van der Waals surface area contributed by atoms with E-state index in [1.165, 1.54) is 0 Å². The van der Waals surface area contributed by atoms with Gasteiger partial charge in [0.1, 0.15) is 19.0 Å². The van der Waals surface area contributed by atoms with Crippen LogP contribution in [0.5, 0.6) is 5.75 Å². The van der Waals surface area contributed by atoms with Gasteiger partial charge < -0.3 is 14.2 Å². The number of fused-ring (bicyclic) bond motifs is 1. The minimum absolute atomic E-state index is 0.0115. The molecule has 0 saturated carbocycles. The molecule has 0 fully saturated rings. The molecular weight excluding hydrogens is 248 g/mol. The molecular formula is C14H12O5. The molecule has 0 unspecified atom stereocenters. The SMILES string of the molecule is CCOc1ccc2c(c1)C(=O)C1=C(OCCO1)C2=O. The number of hydrogen-bond acceptors (Lipinski definition) is 5. The quantitative estimate of drug-likeness (QED) is 0.810. The van der Waals surface area contributed by atoms with Crippen LogP contribution in [-0.4, -0.2) is 31.4 Å². The van der Waals surface area contributed by atoms with Crippen molar-refractivity contribution in [3.05, 3.63) is 40.8 Å². The van der Waals surface area contributed by atoms with E-state index in [9.17, 15) is 9.59 Å². The van der Waals surface area contributed by atoms with Crippen LogP contribution < -0.4 is 4.74 Å². The molecule has 0 N–H and O–H groups in total. The number of carbonyl (C=O) groups is 2. The van der Waals surface area contributed by atoms with Gasteiger partial charge in [-0.2, -0.15) is 0 Å². The maximum Gasteiger partial charge on any atom is 0.232 e. The molecule has 0 bridgehead atoms. The minimum atomic E-state index is -0.328. The van der Waals surface area contributed by atoms with Crippen molar-refractivity contribution in [3.8, 4) is 5.75 Å². The van der Waals surface area contributed by atoms with E-state index < -0.39 is 0 Å². The second kappa shape index (κ2) is 4.42. The summed E-state index contributed by atoms with van der Waals surface area (Å²) < 4.78 is 15.9. The van der Waals surface area contributed by atoms with Crippen molar-refractivity contribution < 1.29 is 23.8 Å². The fourth-order valence-electron chi connectivity index (χ4n) is 2.17. The summed E-state index contributed by atoms with van der Waals surface area (Å²) in [5.41, 5.74) is 0.637. The van der Waals surface area contributed by atoms with Gasteiger partial charge in [-0.25, -0.2) is 0 Å². The lowest BCUT2D eigenvalue weighted by Crippen LogP contribution is -2.29. The van der Waals surface area contributed by atoms with E-state index in [2.05, 4.69) is 0 Å². The van der Waals surface area contributed by atoms with E-state index in [0.29, 0.717) is 23.5 Å². The van der Waals surface area contributed by atoms with Crippen molar-refractivity contribution in [2.75, 3.05) is 19.8 Å². The van der Waals surface area contributed by atoms with Gasteiger partial charge in [0, 0.05) is 11.1 Å². The molecule has 0 radical (unpaired) electrons. The number of rotatable bonds is 2. The van der Waals surface area contributed by atoms with Gasteiger partial charge >= 0.3 is 0 Å². The predicted octanol–water partition coefficient (Wildman–Crippen LogP) is 1.72. The maximum absolute atomic E-state index is 12.3. The molecule has 5 nitrogen and oxygen atoms in total. The Labute approximate surface area is 109 Å². The average Bonchev–Trinajstić information content (AvgIpc) is 2.45. The summed E-state index contributed by atoms with van der Waals surface area (Å²) in [6, 6.07) is 4.83. The number of ether oxygens (including phenoxy) is 3. The monoisotopic (exact) mass is 260 g/mol. The number of carbonyl (C=O) groups excluding carboxylic acids is 2. The summed E-state index contributed by atoms with van der Waals surface area (Å²) in [6.07, 6.45) is 0. The fraction of sp³-hybridized carbons (Fsp3) is 0.286. The van der Waals surface area contributed by atoms with Gasteiger partial charge in [0.25, 0.3) is 0 Å². The van der Waals surface area contributed by atoms with E-state index in [-0.39, 0.29) is 36.3 Å². The van der Waals surface area contributed by atoms with Crippen LogP contribution in [0.15, 0.2) is 29.7 Å². The summed E-state index contributed by atoms with van der Waals surface area (Å²) in [6.45, 7) is 2.90. The van der Waals surface area contributed by atoms with Crippen molar-refractivity contribution in [1.82, 2.24) is 0 Å². The molecule has 5 heteroatoms. The molecule has 1 aliphatic heterocycles. The highest BCUT2D eigenvalue weighted by Crippen LogP contribution is 2.31. The minimum Gasteiger partial charge on any atom is -0.494 e. The smallest absolute Gasteiger partial charge is 0.232 e. The molecule has 19 heavy (non-hydrogen) atoms. The second-order valence-corrected chi connectivity index (χ2v) is 4.15. The lowest BCUT2D eigenvalue weighted by molar-refractivity contribution is 0.0436. The summed E-state index contributed by atoms with van der Waals surface area (Å²) in [5.74, 6) is -0.0494. The number of Topliss-reactive ketones (excluding diaryl/α,β-unsaturated/α-hetero) is 2. The van der Waals surface area contributed by atoms with Crippen LogP contribution in [0.2, 0.25) is 0 Å². The Morgan fingerprint density at radius 3 is 2.32 bits per heavy atom. The van der Waals surface area contributed by atoms with Crippen LogP contribution in [0.4, 0.5) is 0 Å². The summed E-state index contributed by atoms with van der Waals surface area (Å²) in [5, 5.41) is 0. The molecule has 0 spiro atoms. The van der Waals surface area contributed by atoms with Gasteiger partial charge in [0.05, 0.1) is 6.61 Å². The van der Waals surface area contributed by atoms with Gasteiger partial charge in [0.2, 0.25) is 23.1 Å². The van der Waals surface area contributed by atoms with Gasteiger partial charge in [-0.15, -0.1) is 0 Å². The summed E-state index contributed by atoms with van der Waals surface area (Å²) in [4.78, 5) is 24.5. The molecule has 1 aliphatic carbocycles. The van der Waals surface area contributed by atoms with E-state index in [1.807, 2.05) is 6.92 Å². The number of benzene rings is 1. The molecule has 0 aromatic heterocycles. The largest absolute Gasteiger partial charge is 0.494 e. The first kappa shape index (κ1) is 11.8. The van der Waals surface area contributed by atoms with E-state index in [1.54, 1.807) is 18.2 Å². The standard InChI is InChI=1S/C14H12O5/c1-2-17-8-3-4-9-10(7-8)12(16)14-13(11(9)15)18-5-6-19-14/h3-4,7H,2,5-6H2,1H3. The van der Waals surface area contributed by atoms with Crippen molar-refractivity contribution in [1.29, 1.82) is 0 Å². The summed E-state index contributed by atoms with van der Waals surface area (Å²) >= 11 is 0. The Bertz CT molecular complexity index is 600. The van der Waals surface area contributed by atoms with Crippen LogP contribution in [-0.2, 0) is 9.47 Å². The Hall–Kier alpha value is -2.30. The van der Waals surface area contributed by atoms with Crippen LogP contribution in [0.1, 0.15) is 27.6 Å². The van der Waals surface area contributed by atoms with Crippen molar-refractivity contribution in [2.24, 2.45) is 0 Å². The number of ketones is 2. The number of hydrogen-bond donors (Lipinski definition) is 0. The number of allylic oxidation sites excluding steroid dienone is 2. The third-order valence-corrected chi connectivity index (χ3v) is 2.99. The van der Waals surface area contributed by atoms with E-state index in [4.69, 9.17) is 14.2 Å². The highest BCUT2D eigenvalue weighted by Gasteiger charge is 2.37. The van der Waals surface area contributed by atoms with Crippen LogP contribution in [0, 0.1) is 0 Å². The van der Waals surface area contributed by atoms with Gasteiger partial charge in [-0.1, -0.05) is 0 Å². The summed E-state index contributed by atoms with van der Waals surface area (Å²) in [7, 11) is 0. The van der Waals surface area contributed by atoms with Crippen molar-refractivity contribution >= 4 is 11.6 Å². The lowest BCUT2D eigenvalue weighted by atomic mass is 9.91. The first-order chi connectivity index (χ1) is 9.22. The van der Waals surface area contributed by atoms with Crippen LogP contribution in [0.3, 0.4) is 0 Å². The van der Waals surface area contributed by atoms with E-state index >= 15 is 0 Å².